The summed E-state index contributed by atoms with van der Waals surface area (Å²) >= 11 is 0. The molecule has 19 heavy (non-hydrogen) atoms. The predicted octanol–water partition coefficient (Wildman–Crippen LogP) is 2.59. The van der Waals surface area contributed by atoms with E-state index in [1.54, 1.807) is 7.05 Å². The van der Waals surface area contributed by atoms with E-state index in [1.807, 2.05) is 20.8 Å². The number of hydrogen-bond donors (Lipinski definition) is 1. The molecule has 116 valence electrons. The summed E-state index contributed by atoms with van der Waals surface area (Å²) in [5.74, 6) is -0.405. The molecule has 0 saturated carbocycles. The molecule has 0 atom stereocenters. The zero-order chi connectivity index (χ0) is 16.1. The normalized spacial score (nSPS) is 9.32. The molecular weight excluding hydrogens is 261 g/mol. The summed E-state index contributed by atoms with van der Waals surface area (Å²) in [6.07, 6.45) is -3.61. The van der Waals surface area contributed by atoms with E-state index in [9.17, 15) is 22.8 Å². The van der Waals surface area contributed by atoms with Crippen LogP contribution in [-0.4, -0.2) is 43.5 Å². The summed E-state index contributed by atoms with van der Waals surface area (Å²) in [7, 11) is 2.77. The topological polar surface area (TPSA) is 49.4 Å². The molecule has 0 aromatic rings. The van der Waals surface area contributed by atoms with Crippen LogP contribution in [0, 0.1) is 0 Å². The van der Waals surface area contributed by atoms with Crippen LogP contribution in [0.4, 0.5) is 13.2 Å². The molecule has 0 rings (SSSR count). The number of hydrogen-bond acceptors (Lipinski definition) is 2. The fourth-order valence-electron chi connectivity index (χ4n) is 0.804. The van der Waals surface area contributed by atoms with Crippen molar-refractivity contribution in [2.75, 3.05) is 20.6 Å². The van der Waals surface area contributed by atoms with Crippen LogP contribution in [0.15, 0.2) is 0 Å². The van der Waals surface area contributed by atoms with Gasteiger partial charge in [0.2, 0.25) is 11.8 Å². The summed E-state index contributed by atoms with van der Waals surface area (Å²) < 4.78 is 34.8. The maximum absolute atomic E-state index is 11.6. The van der Waals surface area contributed by atoms with Crippen LogP contribution in [0.5, 0.6) is 0 Å². The van der Waals surface area contributed by atoms with Crippen LogP contribution in [0.25, 0.3) is 0 Å². The molecule has 0 heterocycles. The van der Waals surface area contributed by atoms with E-state index < -0.39 is 18.6 Å². The molecule has 0 aliphatic heterocycles. The second-order valence-corrected chi connectivity index (χ2v) is 3.25. The van der Waals surface area contributed by atoms with Gasteiger partial charge in [-0.05, 0) is 0 Å². The van der Waals surface area contributed by atoms with Crippen LogP contribution < -0.4 is 5.32 Å². The molecule has 7 heteroatoms. The van der Waals surface area contributed by atoms with Crippen molar-refractivity contribution < 1.29 is 22.8 Å². The molecule has 4 nitrogen and oxygen atoms in total. The zero-order valence-corrected chi connectivity index (χ0v) is 12.5. The molecule has 0 saturated heterocycles. The van der Waals surface area contributed by atoms with Crippen LogP contribution in [0.3, 0.4) is 0 Å². The number of amides is 2. The van der Waals surface area contributed by atoms with Crippen molar-refractivity contribution in [1.29, 1.82) is 0 Å². The van der Waals surface area contributed by atoms with E-state index in [0.717, 1.165) is 7.05 Å². The highest BCUT2D eigenvalue weighted by molar-refractivity contribution is 5.75. The maximum atomic E-state index is 11.6. The summed E-state index contributed by atoms with van der Waals surface area (Å²) in [6, 6.07) is 0. The first-order chi connectivity index (χ1) is 8.67. The SMILES string of the molecule is CC.CCC(=O)N(C)CC(F)(F)F.CCC(=O)NC. The lowest BCUT2D eigenvalue weighted by atomic mass is 10.4. The van der Waals surface area contributed by atoms with Crippen molar-refractivity contribution in [3.63, 3.8) is 0 Å². The van der Waals surface area contributed by atoms with Crippen molar-refractivity contribution in [2.45, 2.75) is 46.7 Å². The Kier molecular flexibility index (Phi) is 15.9. The third-order valence-corrected chi connectivity index (χ3v) is 1.74. The average Bonchev–Trinajstić information content (AvgIpc) is 2.37. The molecule has 0 aliphatic rings. The Morgan fingerprint density at radius 1 is 1.11 bits per heavy atom. The fourth-order valence-corrected chi connectivity index (χ4v) is 0.804. The highest BCUT2D eigenvalue weighted by Crippen LogP contribution is 2.15. The van der Waals surface area contributed by atoms with Crippen molar-refractivity contribution in [3.05, 3.63) is 0 Å². The first-order valence-corrected chi connectivity index (χ1v) is 6.19. The van der Waals surface area contributed by atoms with Gasteiger partial charge in [-0.1, -0.05) is 27.7 Å². The predicted molar refractivity (Wildman–Crippen MR) is 69.7 cm³/mol. The molecule has 1 N–H and O–H groups in total. The molecular formula is C12H25F3N2O2. The molecule has 0 radical (unpaired) electrons. The van der Waals surface area contributed by atoms with Gasteiger partial charge < -0.3 is 10.2 Å². The Morgan fingerprint density at radius 3 is 1.68 bits per heavy atom. The molecule has 0 aromatic heterocycles. The number of carbonyl (C=O) groups is 2. The summed E-state index contributed by atoms with van der Waals surface area (Å²) in [5.41, 5.74) is 0. The van der Waals surface area contributed by atoms with Crippen LogP contribution >= 0.6 is 0 Å². The fraction of sp³-hybridized carbons (Fsp3) is 0.833. The second kappa shape index (κ2) is 13.2. The number of carbonyl (C=O) groups excluding carboxylic acids is 2. The highest BCUT2D eigenvalue weighted by atomic mass is 19.4. The van der Waals surface area contributed by atoms with Crippen LogP contribution in [0.1, 0.15) is 40.5 Å². The Bertz CT molecular complexity index is 238. The van der Waals surface area contributed by atoms with E-state index >= 15 is 0 Å². The third kappa shape index (κ3) is 19.3. The number of alkyl halides is 3. The number of nitrogens with zero attached hydrogens (tertiary/aromatic N) is 1. The van der Waals surface area contributed by atoms with E-state index in [-0.39, 0.29) is 12.3 Å². The lowest BCUT2D eigenvalue weighted by Gasteiger charge is -2.17. The number of nitrogens with one attached hydrogen (secondary N) is 1. The van der Waals surface area contributed by atoms with Gasteiger partial charge in [-0.2, -0.15) is 13.2 Å². The van der Waals surface area contributed by atoms with Crippen molar-refractivity contribution in [1.82, 2.24) is 10.2 Å². The average molecular weight is 286 g/mol. The van der Waals surface area contributed by atoms with Crippen molar-refractivity contribution in [2.24, 2.45) is 0 Å². The highest BCUT2D eigenvalue weighted by Gasteiger charge is 2.30. The number of rotatable bonds is 3. The lowest BCUT2D eigenvalue weighted by molar-refractivity contribution is -0.158. The molecule has 2 amide bonds. The minimum Gasteiger partial charge on any atom is -0.359 e. The minimum absolute atomic E-state index is 0.0926. The first kappa shape index (κ1) is 22.9. The van der Waals surface area contributed by atoms with E-state index in [0.29, 0.717) is 11.3 Å². The molecule has 0 aliphatic carbocycles. The van der Waals surface area contributed by atoms with Gasteiger partial charge in [-0.3, -0.25) is 9.59 Å². The summed E-state index contributed by atoms with van der Waals surface area (Å²) in [4.78, 5) is 21.4. The van der Waals surface area contributed by atoms with E-state index in [2.05, 4.69) is 5.32 Å². The largest absolute Gasteiger partial charge is 0.406 e. The Hall–Kier alpha value is -1.27. The van der Waals surface area contributed by atoms with Crippen molar-refractivity contribution >= 4 is 11.8 Å². The van der Waals surface area contributed by atoms with Gasteiger partial charge in [0.15, 0.2) is 0 Å². The monoisotopic (exact) mass is 286 g/mol. The third-order valence-electron chi connectivity index (χ3n) is 1.74. The maximum Gasteiger partial charge on any atom is 0.406 e. The van der Waals surface area contributed by atoms with Gasteiger partial charge >= 0.3 is 6.18 Å². The molecule has 0 unspecified atom stereocenters. The number of halogens is 3. The first-order valence-electron chi connectivity index (χ1n) is 6.19. The van der Waals surface area contributed by atoms with Gasteiger partial charge in [0, 0.05) is 26.9 Å². The van der Waals surface area contributed by atoms with Gasteiger partial charge in [-0.15, -0.1) is 0 Å². The van der Waals surface area contributed by atoms with Crippen LogP contribution in [-0.2, 0) is 9.59 Å². The van der Waals surface area contributed by atoms with Crippen LogP contribution in [0.2, 0.25) is 0 Å². The van der Waals surface area contributed by atoms with Crippen molar-refractivity contribution in [3.8, 4) is 0 Å². The molecule has 0 aromatic carbocycles. The minimum atomic E-state index is -4.29. The summed E-state index contributed by atoms with van der Waals surface area (Å²) in [6.45, 7) is 6.17. The molecule has 0 fully saturated rings. The van der Waals surface area contributed by atoms with Gasteiger partial charge in [0.05, 0.1) is 0 Å². The van der Waals surface area contributed by atoms with Gasteiger partial charge in [-0.25, -0.2) is 0 Å². The smallest absolute Gasteiger partial charge is 0.359 e. The Balaban J connectivity index is -0.000000271. The van der Waals surface area contributed by atoms with Gasteiger partial charge in [0.1, 0.15) is 6.54 Å². The Morgan fingerprint density at radius 2 is 1.53 bits per heavy atom. The summed E-state index contributed by atoms with van der Waals surface area (Å²) in [5, 5.41) is 2.48. The molecule has 0 bridgehead atoms. The van der Waals surface area contributed by atoms with E-state index in [4.69, 9.17) is 0 Å². The standard InChI is InChI=1S/C6H10F3NO.C4H9NO.C2H6/c1-3-5(11)10(2)4-6(7,8)9;1-3-4(6)5-2;1-2/h3-4H2,1-2H3;3H2,1-2H3,(H,5,6);1-2H3. The van der Waals surface area contributed by atoms with E-state index in [1.165, 1.54) is 6.92 Å². The molecule has 0 spiro atoms. The quantitative estimate of drug-likeness (QED) is 0.867. The zero-order valence-electron chi connectivity index (χ0n) is 12.5. The lowest BCUT2D eigenvalue weighted by Crippen LogP contribution is -2.35. The van der Waals surface area contributed by atoms with Gasteiger partial charge in [0.25, 0.3) is 0 Å². The second-order valence-electron chi connectivity index (χ2n) is 3.25. The Labute approximate surface area is 113 Å².